The van der Waals surface area contributed by atoms with Crippen LogP contribution in [0.2, 0.25) is 0 Å². The predicted octanol–water partition coefficient (Wildman–Crippen LogP) is 4.56. The number of hydrogen-bond acceptors (Lipinski definition) is 4. The molecular formula is C18H20BrNO4. The standard InChI is InChI=1S/C18H20BrNO4/c1-11(2)24-17-15(19)7-12(8-16(17)23-3)10-20-14-6-4-5-13(9-14)18(21)22/h4-9,11,20H,10H2,1-3H3,(H,21,22). The molecular weight excluding hydrogens is 374 g/mol. The molecule has 0 radical (unpaired) electrons. The molecule has 24 heavy (non-hydrogen) atoms. The second-order valence-electron chi connectivity index (χ2n) is 5.52. The molecule has 2 N–H and O–H groups in total. The Morgan fingerprint density at radius 3 is 2.67 bits per heavy atom. The van der Waals surface area contributed by atoms with Crippen molar-refractivity contribution in [3.8, 4) is 11.5 Å². The highest BCUT2D eigenvalue weighted by Crippen LogP contribution is 2.37. The molecule has 2 aromatic rings. The SMILES string of the molecule is COc1cc(CNc2cccc(C(=O)O)c2)cc(Br)c1OC(C)C. The van der Waals surface area contributed by atoms with Crippen LogP contribution in [0, 0.1) is 0 Å². The van der Waals surface area contributed by atoms with Crippen molar-refractivity contribution >= 4 is 27.6 Å². The third kappa shape index (κ3) is 4.64. The molecule has 2 rings (SSSR count). The van der Waals surface area contributed by atoms with Crippen LogP contribution in [0.1, 0.15) is 29.8 Å². The van der Waals surface area contributed by atoms with E-state index < -0.39 is 5.97 Å². The van der Waals surface area contributed by atoms with Crippen LogP contribution in [0.15, 0.2) is 40.9 Å². The average Bonchev–Trinajstić information content (AvgIpc) is 2.54. The van der Waals surface area contributed by atoms with E-state index in [1.54, 1.807) is 25.3 Å². The normalized spacial score (nSPS) is 10.5. The average molecular weight is 394 g/mol. The van der Waals surface area contributed by atoms with Crippen molar-refractivity contribution in [2.45, 2.75) is 26.5 Å². The van der Waals surface area contributed by atoms with Crippen LogP contribution in [0.25, 0.3) is 0 Å². The highest BCUT2D eigenvalue weighted by Gasteiger charge is 2.13. The number of hydrogen-bond donors (Lipinski definition) is 2. The van der Waals surface area contributed by atoms with Crippen molar-refractivity contribution in [3.05, 3.63) is 52.0 Å². The zero-order valence-corrected chi connectivity index (χ0v) is 15.4. The van der Waals surface area contributed by atoms with Gasteiger partial charge in [-0.1, -0.05) is 6.07 Å². The maximum Gasteiger partial charge on any atom is 0.335 e. The van der Waals surface area contributed by atoms with Crippen LogP contribution < -0.4 is 14.8 Å². The van der Waals surface area contributed by atoms with E-state index in [0.29, 0.717) is 18.0 Å². The summed E-state index contributed by atoms with van der Waals surface area (Å²) in [6.07, 6.45) is 0.0398. The highest BCUT2D eigenvalue weighted by atomic mass is 79.9. The Kier molecular flexibility index (Phi) is 6.09. The molecule has 5 nitrogen and oxygen atoms in total. The summed E-state index contributed by atoms with van der Waals surface area (Å²) in [5.74, 6) is 0.372. The first-order valence-electron chi connectivity index (χ1n) is 7.51. The first kappa shape index (κ1) is 18.1. The van der Waals surface area contributed by atoms with Gasteiger partial charge in [-0.2, -0.15) is 0 Å². The van der Waals surface area contributed by atoms with Gasteiger partial charge in [-0.25, -0.2) is 4.79 Å². The van der Waals surface area contributed by atoms with Crippen molar-refractivity contribution in [1.29, 1.82) is 0 Å². The predicted molar refractivity (Wildman–Crippen MR) is 97.2 cm³/mol. The quantitative estimate of drug-likeness (QED) is 0.721. The Bertz CT molecular complexity index is 731. The smallest absolute Gasteiger partial charge is 0.335 e. The molecule has 0 aliphatic rings. The summed E-state index contributed by atoms with van der Waals surface area (Å²) in [5, 5.41) is 12.3. The number of anilines is 1. The molecule has 0 atom stereocenters. The lowest BCUT2D eigenvalue weighted by Gasteiger charge is -2.17. The molecule has 0 spiro atoms. The second kappa shape index (κ2) is 8.06. The molecule has 6 heteroatoms. The van der Waals surface area contributed by atoms with Crippen LogP contribution in [0.5, 0.6) is 11.5 Å². The van der Waals surface area contributed by atoms with Gasteiger partial charge >= 0.3 is 5.97 Å². The number of ether oxygens (including phenoxy) is 2. The van der Waals surface area contributed by atoms with E-state index in [-0.39, 0.29) is 11.7 Å². The molecule has 0 fully saturated rings. The molecule has 2 aromatic carbocycles. The molecule has 0 saturated heterocycles. The molecule has 0 saturated carbocycles. The molecule has 0 aliphatic carbocycles. The lowest BCUT2D eigenvalue weighted by Crippen LogP contribution is -2.08. The van der Waals surface area contributed by atoms with Crippen LogP contribution in [0.3, 0.4) is 0 Å². The largest absolute Gasteiger partial charge is 0.493 e. The number of carboxylic acid groups (broad SMARTS) is 1. The van der Waals surface area contributed by atoms with E-state index in [0.717, 1.165) is 15.7 Å². The van der Waals surface area contributed by atoms with Crippen molar-refractivity contribution in [1.82, 2.24) is 0 Å². The minimum absolute atomic E-state index is 0.0398. The second-order valence-corrected chi connectivity index (χ2v) is 6.37. The molecule has 0 amide bonds. The summed E-state index contributed by atoms with van der Waals surface area (Å²) < 4.78 is 12.0. The van der Waals surface area contributed by atoms with Crippen LogP contribution >= 0.6 is 15.9 Å². The molecule has 0 aliphatic heterocycles. The van der Waals surface area contributed by atoms with E-state index in [9.17, 15) is 4.79 Å². The highest BCUT2D eigenvalue weighted by molar-refractivity contribution is 9.10. The van der Waals surface area contributed by atoms with Crippen molar-refractivity contribution < 1.29 is 19.4 Å². The Labute approximate surface area is 149 Å². The lowest BCUT2D eigenvalue weighted by molar-refractivity contribution is 0.0697. The summed E-state index contributed by atoms with van der Waals surface area (Å²) in [5.41, 5.74) is 1.97. The van der Waals surface area contributed by atoms with E-state index in [1.165, 1.54) is 0 Å². The Balaban J connectivity index is 2.17. The van der Waals surface area contributed by atoms with Crippen molar-refractivity contribution in [3.63, 3.8) is 0 Å². The number of carbonyl (C=O) groups is 1. The number of halogens is 1. The summed E-state index contributed by atoms with van der Waals surface area (Å²) in [7, 11) is 1.60. The van der Waals surface area contributed by atoms with Gasteiger partial charge in [-0.05, 0) is 65.7 Å². The third-order valence-corrected chi connectivity index (χ3v) is 3.84. The summed E-state index contributed by atoms with van der Waals surface area (Å²) in [6, 6.07) is 10.6. The van der Waals surface area contributed by atoms with E-state index in [4.69, 9.17) is 14.6 Å². The first-order chi connectivity index (χ1) is 11.4. The lowest BCUT2D eigenvalue weighted by atomic mass is 10.1. The van der Waals surface area contributed by atoms with E-state index >= 15 is 0 Å². The molecule has 0 bridgehead atoms. The van der Waals surface area contributed by atoms with Gasteiger partial charge in [0.15, 0.2) is 11.5 Å². The minimum atomic E-state index is -0.946. The topological polar surface area (TPSA) is 67.8 Å². The van der Waals surface area contributed by atoms with Gasteiger partial charge in [0.25, 0.3) is 0 Å². The Morgan fingerprint density at radius 1 is 1.29 bits per heavy atom. The number of aromatic carboxylic acids is 1. The van der Waals surface area contributed by atoms with Gasteiger partial charge in [-0.3, -0.25) is 0 Å². The van der Waals surface area contributed by atoms with Gasteiger partial charge in [0.1, 0.15) is 0 Å². The zero-order valence-electron chi connectivity index (χ0n) is 13.8. The summed E-state index contributed by atoms with van der Waals surface area (Å²) >= 11 is 3.51. The summed E-state index contributed by atoms with van der Waals surface area (Å²) in [4.78, 5) is 11.0. The monoisotopic (exact) mass is 393 g/mol. The number of carboxylic acids is 1. The summed E-state index contributed by atoms with van der Waals surface area (Å²) in [6.45, 7) is 4.44. The number of benzene rings is 2. The van der Waals surface area contributed by atoms with Crippen LogP contribution in [0.4, 0.5) is 5.69 Å². The number of nitrogens with one attached hydrogen (secondary N) is 1. The maximum atomic E-state index is 11.0. The molecule has 128 valence electrons. The minimum Gasteiger partial charge on any atom is -0.493 e. The van der Waals surface area contributed by atoms with Crippen LogP contribution in [-0.4, -0.2) is 24.3 Å². The third-order valence-electron chi connectivity index (χ3n) is 3.25. The van der Waals surface area contributed by atoms with Crippen molar-refractivity contribution in [2.75, 3.05) is 12.4 Å². The first-order valence-corrected chi connectivity index (χ1v) is 8.30. The van der Waals surface area contributed by atoms with Crippen LogP contribution in [-0.2, 0) is 6.54 Å². The van der Waals surface area contributed by atoms with E-state index in [1.807, 2.05) is 32.0 Å². The van der Waals surface area contributed by atoms with Gasteiger partial charge < -0.3 is 19.9 Å². The van der Waals surface area contributed by atoms with Crippen molar-refractivity contribution in [2.24, 2.45) is 0 Å². The fourth-order valence-corrected chi connectivity index (χ4v) is 2.77. The number of rotatable bonds is 7. The molecule has 0 heterocycles. The Morgan fingerprint density at radius 2 is 2.04 bits per heavy atom. The maximum absolute atomic E-state index is 11.0. The van der Waals surface area contributed by atoms with Gasteiger partial charge in [0.2, 0.25) is 0 Å². The van der Waals surface area contributed by atoms with Gasteiger partial charge in [0, 0.05) is 12.2 Å². The number of methoxy groups -OCH3 is 1. The van der Waals surface area contributed by atoms with Gasteiger partial charge in [0.05, 0.1) is 23.2 Å². The zero-order chi connectivity index (χ0) is 17.7. The molecule has 0 unspecified atom stereocenters. The van der Waals surface area contributed by atoms with E-state index in [2.05, 4.69) is 21.2 Å². The van der Waals surface area contributed by atoms with Gasteiger partial charge in [-0.15, -0.1) is 0 Å². The fourth-order valence-electron chi connectivity index (χ4n) is 2.19. The Hall–Kier alpha value is -2.21. The fraction of sp³-hybridized carbons (Fsp3) is 0.278. The molecule has 0 aromatic heterocycles.